The van der Waals surface area contributed by atoms with Gasteiger partial charge in [-0.15, -0.1) is 0 Å². The first-order valence-electron chi connectivity index (χ1n) is 11.1. The molecule has 2 heterocycles. The van der Waals surface area contributed by atoms with Crippen LogP contribution in [-0.2, 0) is 13.1 Å². The second kappa shape index (κ2) is 8.89. The van der Waals surface area contributed by atoms with E-state index in [0.717, 1.165) is 35.3 Å². The quantitative estimate of drug-likeness (QED) is 0.487. The lowest BCUT2D eigenvalue weighted by molar-refractivity contribution is 0.138. The fourth-order valence-electron chi connectivity index (χ4n) is 4.89. The van der Waals surface area contributed by atoms with Gasteiger partial charge in [0.1, 0.15) is 0 Å². The van der Waals surface area contributed by atoms with Crippen molar-refractivity contribution in [1.82, 2.24) is 14.5 Å². The average Bonchev–Trinajstić information content (AvgIpc) is 3.31. The first kappa shape index (κ1) is 21.5. The molecule has 5 rings (SSSR count). The summed E-state index contributed by atoms with van der Waals surface area (Å²) in [6.07, 6.45) is 5.36. The molecule has 0 spiro atoms. The van der Waals surface area contributed by atoms with Crippen LogP contribution in [-0.4, -0.2) is 27.2 Å². The van der Waals surface area contributed by atoms with Crippen LogP contribution in [0.1, 0.15) is 42.5 Å². The lowest BCUT2D eigenvalue weighted by Gasteiger charge is -2.41. The van der Waals surface area contributed by atoms with Crippen LogP contribution in [0.5, 0.6) is 0 Å². The summed E-state index contributed by atoms with van der Waals surface area (Å²) in [4.78, 5) is 23.1. The Bertz CT molecular complexity index is 1170. The van der Waals surface area contributed by atoms with Gasteiger partial charge in [-0.1, -0.05) is 66.4 Å². The molecule has 166 valence electrons. The maximum atomic E-state index is 13.7. The van der Waals surface area contributed by atoms with E-state index in [4.69, 9.17) is 28.2 Å². The highest BCUT2D eigenvalue weighted by Crippen LogP contribution is 2.34. The molecule has 1 saturated carbocycles. The van der Waals surface area contributed by atoms with Crippen LogP contribution in [0, 0.1) is 6.92 Å². The van der Waals surface area contributed by atoms with Gasteiger partial charge in [0.15, 0.2) is 0 Å². The standard InChI is InChI=1S/C25H26Cl2N4O/c1-17-23(11-18-7-3-2-4-8-18)24(32)31-16-29(21-9-5-6-10-21)15-30(25(31)28-17)22-13-19(26)12-20(27)14-22/h2-4,7-8,12-14,21H,5-6,9-11,15-16H2,1H3. The van der Waals surface area contributed by atoms with E-state index in [1.807, 2.05) is 54.0 Å². The highest BCUT2D eigenvalue weighted by molar-refractivity contribution is 6.35. The largest absolute Gasteiger partial charge is 0.298 e. The molecule has 2 aromatic carbocycles. The fraction of sp³-hybridized carbons (Fsp3) is 0.360. The Morgan fingerprint density at radius 2 is 1.69 bits per heavy atom. The zero-order valence-corrected chi connectivity index (χ0v) is 19.6. The van der Waals surface area contributed by atoms with Crippen LogP contribution in [0.2, 0.25) is 10.0 Å². The summed E-state index contributed by atoms with van der Waals surface area (Å²) in [6, 6.07) is 16.0. The van der Waals surface area contributed by atoms with Gasteiger partial charge in [0, 0.05) is 33.8 Å². The molecule has 1 aliphatic heterocycles. The maximum absolute atomic E-state index is 13.7. The van der Waals surface area contributed by atoms with E-state index in [1.165, 1.54) is 12.8 Å². The summed E-state index contributed by atoms with van der Waals surface area (Å²) >= 11 is 12.6. The molecule has 1 aromatic heterocycles. The molecule has 0 N–H and O–H groups in total. The predicted octanol–water partition coefficient (Wildman–Crippen LogP) is 5.76. The molecule has 0 amide bonds. The van der Waals surface area contributed by atoms with E-state index in [0.29, 0.717) is 41.8 Å². The van der Waals surface area contributed by atoms with Crippen LogP contribution in [0.3, 0.4) is 0 Å². The third-order valence-electron chi connectivity index (χ3n) is 6.56. The van der Waals surface area contributed by atoms with Crippen LogP contribution >= 0.6 is 23.2 Å². The summed E-state index contributed by atoms with van der Waals surface area (Å²) in [5.41, 5.74) is 3.49. The van der Waals surface area contributed by atoms with E-state index in [2.05, 4.69) is 9.80 Å². The normalized spacial score (nSPS) is 17.0. The number of halogens is 2. The van der Waals surface area contributed by atoms with Gasteiger partial charge >= 0.3 is 0 Å². The van der Waals surface area contributed by atoms with Crippen LogP contribution in [0.4, 0.5) is 11.6 Å². The van der Waals surface area contributed by atoms with E-state index in [1.54, 1.807) is 6.07 Å². The van der Waals surface area contributed by atoms with Crippen molar-refractivity contribution in [3.8, 4) is 0 Å². The number of benzene rings is 2. The molecule has 7 heteroatoms. The minimum Gasteiger partial charge on any atom is -0.298 e. The van der Waals surface area contributed by atoms with Crippen LogP contribution in [0.15, 0.2) is 53.3 Å². The molecule has 0 atom stereocenters. The molecule has 0 radical (unpaired) electrons. The lowest BCUT2D eigenvalue weighted by Crippen LogP contribution is -2.51. The lowest BCUT2D eigenvalue weighted by atomic mass is 10.1. The first-order chi connectivity index (χ1) is 15.5. The summed E-state index contributed by atoms with van der Waals surface area (Å²) in [6.45, 7) is 3.14. The molecular weight excluding hydrogens is 443 g/mol. The second-order valence-corrected chi connectivity index (χ2v) is 9.61. The number of rotatable bonds is 4. The Balaban J connectivity index is 1.62. The molecule has 1 aliphatic carbocycles. The van der Waals surface area contributed by atoms with E-state index in [-0.39, 0.29) is 5.56 Å². The van der Waals surface area contributed by atoms with Gasteiger partial charge in [-0.05, 0) is 43.5 Å². The molecule has 3 aromatic rings. The Morgan fingerprint density at radius 3 is 2.38 bits per heavy atom. The van der Waals surface area contributed by atoms with E-state index in [9.17, 15) is 4.79 Å². The third kappa shape index (κ3) is 4.17. The summed E-state index contributed by atoms with van der Waals surface area (Å²) < 4.78 is 1.82. The molecule has 0 unspecified atom stereocenters. The summed E-state index contributed by atoms with van der Waals surface area (Å²) in [5, 5.41) is 1.13. The predicted molar refractivity (Wildman–Crippen MR) is 130 cm³/mol. The van der Waals surface area contributed by atoms with Crippen molar-refractivity contribution >= 4 is 34.8 Å². The molecular formula is C25H26Cl2N4O. The van der Waals surface area contributed by atoms with Crippen molar-refractivity contribution < 1.29 is 0 Å². The SMILES string of the molecule is Cc1nc2n(c(=O)c1Cc1ccccc1)CN(C1CCCC1)CN2c1cc(Cl)cc(Cl)c1. The van der Waals surface area contributed by atoms with E-state index >= 15 is 0 Å². The monoisotopic (exact) mass is 468 g/mol. The third-order valence-corrected chi connectivity index (χ3v) is 7.00. The highest BCUT2D eigenvalue weighted by Gasteiger charge is 2.33. The Hall–Kier alpha value is -2.34. The smallest absolute Gasteiger partial charge is 0.259 e. The highest BCUT2D eigenvalue weighted by atomic mass is 35.5. The Morgan fingerprint density at radius 1 is 1.00 bits per heavy atom. The zero-order chi connectivity index (χ0) is 22.2. The minimum atomic E-state index is 0.0252. The van der Waals surface area contributed by atoms with Gasteiger partial charge in [0.05, 0.1) is 19.0 Å². The number of hydrogen-bond donors (Lipinski definition) is 0. The van der Waals surface area contributed by atoms with Gasteiger partial charge in [0.25, 0.3) is 5.56 Å². The van der Waals surface area contributed by atoms with E-state index < -0.39 is 0 Å². The molecule has 2 aliphatic rings. The zero-order valence-electron chi connectivity index (χ0n) is 18.1. The van der Waals surface area contributed by atoms with Gasteiger partial charge < -0.3 is 0 Å². The summed E-state index contributed by atoms with van der Waals surface area (Å²) in [5.74, 6) is 0.650. The molecule has 1 fully saturated rings. The minimum absolute atomic E-state index is 0.0252. The molecule has 32 heavy (non-hydrogen) atoms. The number of anilines is 2. The molecule has 0 bridgehead atoms. The first-order valence-corrected chi connectivity index (χ1v) is 11.9. The van der Waals surface area contributed by atoms with Gasteiger partial charge in [0.2, 0.25) is 5.95 Å². The maximum Gasteiger partial charge on any atom is 0.259 e. The number of aryl methyl sites for hydroxylation is 1. The summed E-state index contributed by atoms with van der Waals surface area (Å²) in [7, 11) is 0. The van der Waals surface area contributed by atoms with Crippen molar-refractivity contribution in [2.75, 3.05) is 11.6 Å². The Labute approximate surface area is 198 Å². The average molecular weight is 469 g/mol. The second-order valence-electron chi connectivity index (χ2n) is 8.74. The number of aromatic nitrogens is 2. The van der Waals surface area contributed by atoms with Crippen molar-refractivity contribution in [2.45, 2.75) is 51.7 Å². The van der Waals surface area contributed by atoms with Crippen molar-refractivity contribution in [2.24, 2.45) is 0 Å². The molecule has 0 saturated heterocycles. The number of fused-ring (bicyclic) bond motifs is 1. The fourth-order valence-corrected chi connectivity index (χ4v) is 5.40. The van der Waals surface area contributed by atoms with Gasteiger partial charge in [-0.25, -0.2) is 4.98 Å². The number of nitrogens with zero attached hydrogens (tertiary/aromatic N) is 4. The van der Waals surface area contributed by atoms with Crippen molar-refractivity contribution in [3.63, 3.8) is 0 Å². The van der Waals surface area contributed by atoms with Crippen molar-refractivity contribution in [3.05, 3.63) is 85.8 Å². The molecule has 5 nitrogen and oxygen atoms in total. The van der Waals surface area contributed by atoms with Crippen molar-refractivity contribution in [1.29, 1.82) is 0 Å². The Kier molecular flexibility index (Phi) is 5.97. The van der Waals surface area contributed by atoms with Crippen LogP contribution in [0.25, 0.3) is 0 Å². The van der Waals surface area contributed by atoms with Gasteiger partial charge in [-0.3, -0.25) is 19.2 Å². The number of hydrogen-bond acceptors (Lipinski definition) is 4. The van der Waals surface area contributed by atoms with Crippen LogP contribution < -0.4 is 10.5 Å². The topological polar surface area (TPSA) is 41.4 Å². The van der Waals surface area contributed by atoms with Gasteiger partial charge in [-0.2, -0.15) is 0 Å².